The first kappa shape index (κ1) is 13.5. The summed E-state index contributed by atoms with van der Waals surface area (Å²) in [4.78, 5) is 4.57. The standard InChI is InChI=1S/C15H22N2S/c1-12-10-16-15(18-11-12)17-13(2)8-9-14-6-4-3-5-7-14/h3-7,12-13H,8-11H2,1-2H3,(H,16,17). The van der Waals surface area contributed by atoms with E-state index in [1.807, 2.05) is 11.8 Å². The van der Waals surface area contributed by atoms with E-state index in [0.29, 0.717) is 6.04 Å². The molecule has 1 aromatic rings. The van der Waals surface area contributed by atoms with Crippen molar-refractivity contribution in [2.75, 3.05) is 12.3 Å². The fourth-order valence-corrected chi connectivity index (χ4v) is 2.95. The van der Waals surface area contributed by atoms with Crippen LogP contribution in [0.25, 0.3) is 0 Å². The first-order valence-electron chi connectivity index (χ1n) is 6.71. The van der Waals surface area contributed by atoms with Crippen LogP contribution in [0.5, 0.6) is 0 Å². The van der Waals surface area contributed by atoms with E-state index in [1.165, 1.54) is 11.3 Å². The Hall–Kier alpha value is -0.960. The second-order valence-corrected chi connectivity index (χ2v) is 6.14. The summed E-state index contributed by atoms with van der Waals surface area (Å²) in [6, 6.07) is 11.2. The van der Waals surface area contributed by atoms with Crippen molar-refractivity contribution in [3.05, 3.63) is 35.9 Å². The minimum atomic E-state index is 0.491. The lowest BCUT2D eigenvalue weighted by Crippen LogP contribution is -2.33. The SMILES string of the molecule is CC1CN=C(NC(C)CCc2ccccc2)SC1. The molecule has 2 atom stereocenters. The van der Waals surface area contributed by atoms with Crippen LogP contribution < -0.4 is 5.32 Å². The molecule has 2 unspecified atom stereocenters. The predicted octanol–water partition coefficient (Wildman–Crippen LogP) is 3.34. The van der Waals surface area contributed by atoms with Gasteiger partial charge in [0, 0.05) is 18.3 Å². The van der Waals surface area contributed by atoms with E-state index >= 15 is 0 Å². The van der Waals surface area contributed by atoms with E-state index in [0.717, 1.165) is 30.5 Å². The van der Waals surface area contributed by atoms with Gasteiger partial charge in [-0.15, -0.1) is 0 Å². The molecule has 0 fully saturated rings. The zero-order chi connectivity index (χ0) is 12.8. The third kappa shape index (κ3) is 4.37. The van der Waals surface area contributed by atoms with Crippen molar-refractivity contribution in [3.63, 3.8) is 0 Å². The zero-order valence-electron chi connectivity index (χ0n) is 11.2. The average Bonchev–Trinajstić information content (AvgIpc) is 2.40. The quantitative estimate of drug-likeness (QED) is 0.900. The second kappa shape index (κ2) is 6.83. The molecule has 3 heteroatoms. The highest BCUT2D eigenvalue weighted by Crippen LogP contribution is 2.16. The molecule has 0 amide bonds. The number of thioether (sulfide) groups is 1. The third-order valence-electron chi connectivity index (χ3n) is 3.13. The lowest BCUT2D eigenvalue weighted by Gasteiger charge is -2.21. The van der Waals surface area contributed by atoms with Crippen LogP contribution in [0.1, 0.15) is 25.8 Å². The average molecular weight is 262 g/mol. The molecule has 18 heavy (non-hydrogen) atoms. The molecule has 0 aliphatic carbocycles. The Bertz CT molecular complexity index is 389. The van der Waals surface area contributed by atoms with Crippen LogP contribution in [0, 0.1) is 5.92 Å². The monoisotopic (exact) mass is 262 g/mol. The fourth-order valence-electron chi connectivity index (χ4n) is 1.96. The largest absolute Gasteiger partial charge is 0.362 e. The number of aryl methyl sites for hydroxylation is 1. The molecule has 0 aromatic heterocycles. The van der Waals surface area contributed by atoms with Crippen LogP contribution in [0.4, 0.5) is 0 Å². The van der Waals surface area contributed by atoms with Crippen molar-refractivity contribution in [2.24, 2.45) is 10.9 Å². The Morgan fingerprint density at radius 2 is 2.17 bits per heavy atom. The molecule has 98 valence electrons. The number of hydrogen-bond donors (Lipinski definition) is 1. The lowest BCUT2D eigenvalue weighted by molar-refractivity contribution is 0.602. The zero-order valence-corrected chi connectivity index (χ0v) is 12.0. The highest BCUT2D eigenvalue weighted by atomic mass is 32.2. The summed E-state index contributed by atoms with van der Waals surface area (Å²) in [5, 5.41) is 4.66. The summed E-state index contributed by atoms with van der Waals surface area (Å²) < 4.78 is 0. The van der Waals surface area contributed by atoms with Gasteiger partial charge < -0.3 is 5.32 Å². The molecule has 1 aliphatic rings. The molecular formula is C15H22N2S. The van der Waals surface area contributed by atoms with Crippen LogP contribution >= 0.6 is 11.8 Å². The van der Waals surface area contributed by atoms with Crippen molar-refractivity contribution in [2.45, 2.75) is 32.7 Å². The molecule has 0 bridgehead atoms. The van der Waals surface area contributed by atoms with E-state index in [9.17, 15) is 0 Å². The van der Waals surface area contributed by atoms with Crippen molar-refractivity contribution in [3.8, 4) is 0 Å². The number of nitrogens with one attached hydrogen (secondary N) is 1. The van der Waals surface area contributed by atoms with E-state index in [-0.39, 0.29) is 0 Å². The Kier molecular flexibility index (Phi) is 5.12. The maximum atomic E-state index is 4.57. The summed E-state index contributed by atoms with van der Waals surface area (Å²) in [5.74, 6) is 1.91. The maximum absolute atomic E-state index is 4.57. The molecule has 1 aliphatic heterocycles. The van der Waals surface area contributed by atoms with Gasteiger partial charge in [0.2, 0.25) is 0 Å². The van der Waals surface area contributed by atoms with Gasteiger partial charge in [-0.1, -0.05) is 49.0 Å². The van der Waals surface area contributed by atoms with Crippen molar-refractivity contribution < 1.29 is 0 Å². The molecule has 0 saturated carbocycles. The first-order chi connectivity index (χ1) is 8.74. The Balaban J connectivity index is 1.74. The molecule has 0 saturated heterocycles. The number of hydrogen-bond acceptors (Lipinski definition) is 3. The minimum absolute atomic E-state index is 0.491. The molecule has 2 nitrogen and oxygen atoms in total. The van der Waals surface area contributed by atoms with Crippen molar-refractivity contribution >= 4 is 16.9 Å². The van der Waals surface area contributed by atoms with Gasteiger partial charge in [-0.25, -0.2) is 0 Å². The van der Waals surface area contributed by atoms with Gasteiger partial charge in [-0.3, -0.25) is 4.99 Å². The summed E-state index contributed by atoms with van der Waals surface area (Å²) in [6.07, 6.45) is 2.28. The highest BCUT2D eigenvalue weighted by molar-refractivity contribution is 8.13. The Morgan fingerprint density at radius 1 is 1.39 bits per heavy atom. The Morgan fingerprint density at radius 3 is 2.83 bits per heavy atom. The summed E-state index contributed by atoms with van der Waals surface area (Å²) in [7, 11) is 0. The van der Waals surface area contributed by atoms with Crippen LogP contribution in [0.2, 0.25) is 0 Å². The van der Waals surface area contributed by atoms with E-state index < -0.39 is 0 Å². The Labute approximate surface area is 114 Å². The number of aliphatic imine (C=N–C) groups is 1. The molecule has 1 N–H and O–H groups in total. The van der Waals surface area contributed by atoms with Gasteiger partial charge >= 0.3 is 0 Å². The topological polar surface area (TPSA) is 24.4 Å². The van der Waals surface area contributed by atoms with Gasteiger partial charge in [0.15, 0.2) is 5.17 Å². The fraction of sp³-hybridized carbons (Fsp3) is 0.533. The number of benzene rings is 1. The van der Waals surface area contributed by atoms with Crippen LogP contribution in [0.3, 0.4) is 0 Å². The molecular weight excluding hydrogens is 240 g/mol. The van der Waals surface area contributed by atoms with Gasteiger partial charge in [0.05, 0.1) is 0 Å². The van der Waals surface area contributed by atoms with Gasteiger partial charge in [0.1, 0.15) is 0 Å². The second-order valence-electron chi connectivity index (χ2n) is 5.13. The summed E-state index contributed by atoms with van der Waals surface area (Å²) in [5.41, 5.74) is 1.41. The molecule has 0 radical (unpaired) electrons. The van der Waals surface area contributed by atoms with Crippen LogP contribution in [-0.2, 0) is 6.42 Å². The highest BCUT2D eigenvalue weighted by Gasteiger charge is 2.13. The molecule has 0 spiro atoms. The smallest absolute Gasteiger partial charge is 0.156 e. The van der Waals surface area contributed by atoms with E-state index in [2.05, 4.69) is 54.5 Å². The number of nitrogens with zero attached hydrogens (tertiary/aromatic N) is 1. The van der Waals surface area contributed by atoms with E-state index in [4.69, 9.17) is 0 Å². The van der Waals surface area contributed by atoms with Gasteiger partial charge in [-0.2, -0.15) is 0 Å². The van der Waals surface area contributed by atoms with Gasteiger partial charge in [0.25, 0.3) is 0 Å². The third-order valence-corrected chi connectivity index (χ3v) is 4.39. The molecule has 1 aromatic carbocycles. The maximum Gasteiger partial charge on any atom is 0.156 e. The van der Waals surface area contributed by atoms with Crippen LogP contribution in [0.15, 0.2) is 35.3 Å². The normalized spacial score (nSPS) is 21.2. The van der Waals surface area contributed by atoms with Gasteiger partial charge in [-0.05, 0) is 31.2 Å². The predicted molar refractivity (Wildman–Crippen MR) is 81.3 cm³/mol. The minimum Gasteiger partial charge on any atom is -0.362 e. The number of amidine groups is 1. The first-order valence-corrected chi connectivity index (χ1v) is 7.70. The summed E-state index contributed by atoms with van der Waals surface area (Å²) >= 11 is 1.86. The van der Waals surface area contributed by atoms with E-state index in [1.54, 1.807) is 0 Å². The number of rotatable bonds is 4. The summed E-state index contributed by atoms with van der Waals surface area (Å²) in [6.45, 7) is 5.47. The molecule has 2 rings (SSSR count). The lowest BCUT2D eigenvalue weighted by atomic mass is 10.1. The molecule has 1 heterocycles. The van der Waals surface area contributed by atoms with Crippen molar-refractivity contribution in [1.82, 2.24) is 5.32 Å². The van der Waals surface area contributed by atoms with Crippen LogP contribution in [-0.4, -0.2) is 23.5 Å². The van der Waals surface area contributed by atoms with Crippen molar-refractivity contribution in [1.29, 1.82) is 0 Å².